The van der Waals surface area contributed by atoms with Crippen molar-refractivity contribution in [3.8, 4) is 0 Å². The molecule has 0 bridgehead atoms. The van der Waals surface area contributed by atoms with E-state index >= 15 is 0 Å². The van der Waals surface area contributed by atoms with Crippen LogP contribution in [0.4, 0.5) is 5.82 Å². The van der Waals surface area contributed by atoms with Crippen molar-refractivity contribution in [2.75, 3.05) is 11.9 Å². The molecule has 0 aliphatic carbocycles. The van der Waals surface area contributed by atoms with Gasteiger partial charge in [0.25, 0.3) is 0 Å². The molecule has 0 saturated heterocycles. The number of sulfonamides is 1. The molecule has 5 nitrogen and oxygen atoms in total. The second kappa shape index (κ2) is 6.55. The highest BCUT2D eigenvalue weighted by Gasteiger charge is 2.06. The van der Waals surface area contributed by atoms with Crippen LogP contribution in [0.15, 0.2) is 45.9 Å². The summed E-state index contributed by atoms with van der Waals surface area (Å²) >= 11 is 3.37. The molecule has 0 spiro atoms. The first kappa shape index (κ1) is 15.9. The Morgan fingerprint density at radius 3 is 2.52 bits per heavy atom. The second-order valence-electron chi connectivity index (χ2n) is 4.68. The Bertz CT molecular complexity index is 730. The van der Waals surface area contributed by atoms with Gasteiger partial charge in [0.15, 0.2) is 0 Å². The fourth-order valence-corrected chi connectivity index (χ4v) is 2.86. The molecule has 7 heteroatoms. The quantitative estimate of drug-likeness (QED) is 0.847. The van der Waals surface area contributed by atoms with Gasteiger partial charge in [-0.2, -0.15) is 0 Å². The van der Waals surface area contributed by atoms with Crippen LogP contribution >= 0.6 is 15.9 Å². The van der Waals surface area contributed by atoms with Crippen molar-refractivity contribution in [2.45, 2.75) is 18.2 Å². The third-order valence-electron chi connectivity index (χ3n) is 3.00. The summed E-state index contributed by atoms with van der Waals surface area (Å²) in [4.78, 5) is 4.43. The number of benzene rings is 1. The van der Waals surface area contributed by atoms with Crippen LogP contribution in [-0.4, -0.2) is 19.9 Å². The van der Waals surface area contributed by atoms with Gasteiger partial charge in [-0.25, -0.2) is 18.5 Å². The highest BCUT2D eigenvalue weighted by Crippen LogP contribution is 2.17. The Labute approximate surface area is 132 Å². The zero-order valence-corrected chi connectivity index (χ0v) is 13.9. The molecule has 1 aromatic carbocycles. The van der Waals surface area contributed by atoms with Crippen LogP contribution in [0.2, 0.25) is 0 Å². The Morgan fingerprint density at radius 1 is 1.29 bits per heavy atom. The van der Waals surface area contributed by atoms with E-state index in [9.17, 15) is 8.42 Å². The first-order valence-electron chi connectivity index (χ1n) is 6.34. The Kier molecular flexibility index (Phi) is 4.97. The molecule has 0 radical (unpaired) electrons. The van der Waals surface area contributed by atoms with Gasteiger partial charge in [0.05, 0.1) is 4.90 Å². The molecule has 0 fully saturated rings. The van der Waals surface area contributed by atoms with E-state index in [0.717, 1.165) is 27.8 Å². The van der Waals surface area contributed by atoms with Gasteiger partial charge in [-0.05, 0) is 58.6 Å². The van der Waals surface area contributed by atoms with Gasteiger partial charge in [-0.3, -0.25) is 0 Å². The van der Waals surface area contributed by atoms with Crippen LogP contribution in [0, 0.1) is 6.92 Å². The second-order valence-corrected chi connectivity index (χ2v) is 7.16. The molecular formula is C14H16BrN3O2S. The third kappa shape index (κ3) is 4.52. The summed E-state index contributed by atoms with van der Waals surface area (Å²) in [7, 11) is -3.62. The number of nitrogens with two attached hydrogens (primary N) is 1. The lowest BCUT2D eigenvalue weighted by Crippen LogP contribution is -2.12. The predicted octanol–water partition coefficient (Wildman–Crippen LogP) is 2.45. The van der Waals surface area contributed by atoms with Crippen molar-refractivity contribution in [1.29, 1.82) is 0 Å². The SMILES string of the molecule is Cc1cc(Br)cnc1NCCc1ccc(S(N)(=O)=O)cc1. The largest absolute Gasteiger partial charge is 0.370 e. The normalized spacial score (nSPS) is 11.4. The zero-order chi connectivity index (χ0) is 15.5. The topological polar surface area (TPSA) is 85.1 Å². The van der Waals surface area contributed by atoms with Crippen LogP contribution in [0.3, 0.4) is 0 Å². The first-order valence-corrected chi connectivity index (χ1v) is 8.68. The maximum Gasteiger partial charge on any atom is 0.238 e. The highest BCUT2D eigenvalue weighted by atomic mass is 79.9. The zero-order valence-electron chi connectivity index (χ0n) is 11.5. The number of nitrogens with zero attached hydrogens (tertiary/aromatic N) is 1. The van der Waals surface area contributed by atoms with Crippen LogP contribution in [0.5, 0.6) is 0 Å². The molecule has 2 rings (SSSR count). The van der Waals surface area contributed by atoms with Gasteiger partial charge in [0.1, 0.15) is 5.82 Å². The number of halogens is 1. The number of aryl methyl sites for hydroxylation is 1. The van der Waals surface area contributed by atoms with Crippen molar-refractivity contribution in [3.63, 3.8) is 0 Å². The van der Waals surface area contributed by atoms with E-state index in [1.807, 2.05) is 13.0 Å². The van der Waals surface area contributed by atoms with Gasteiger partial charge < -0.3 is 5.32 Å². The molecular weight excluding hydrogens is 354 g/mol. The molecule has 1 aromatic heterocycles. The summed E-state index contributed by atoms with van der Waals surface area (Å²) in [6, 6.07) is 8.57. The van der Waals surface area contributed by atoms with E-state index in [4.69, 9.17) is 5.14 Å². The highest BCUT2D eigenvalue weighted by molar-refractivity contribution is 9.10. The average molecular weight is 370 g/mol. The van der Waals surface area contributed by atoms with Crippen molar-refractivity contribution in [1.82, 2.24) is 4.98 Å². The number of rotatable bonds is 5. The van der Waals surface area contributed by atoms with Crippen LogP contribution < -0.4 is 10.5 Å². The van der Waals surface area contributed by atoms with Crippen molar-refractivity contribution < 1.29 is 8.42 Å². The minimum absolute atomic E-state index is 0.129. The molecule has 21 heavy (non-hydrogen) atoms. The number of hydrogen-bond donors (Lipinski definition) is 2. The monoisotopic (exact) mass is 369 g/mol. The van der Waals surface area contributed by atoms with Crippen molar-refractivity contribution in [3.05, 3.63) is 52.1 Å². The van der Waals surface area contributed by atoms with E-state index in [2.05, 4.69) is 26.2 Å². The summed E-state index contributed by atoms with van der Waals surface area (Å²) in [5, 5.41) is 8.32. The Hall–Kier alpha value is -1.44. The van der Waals surface area contributed by atoms with Crippen LogP contribution in [-0.2, 0) is 16.4 Å². The van der Waals surface area contributed by atoms with Crippen molar-refractivity contribution >= 4 is 31.8 Å². The van der Waals surface area contributed by atoms with Gasteiger partial charge in [-0.15, -0.1) is 0 Å². The molecule has 1 heterocycles. The summed E-state index contributed by atoms with van der Waals surface area (Å²) < 4.78 is 23.3. The lowest BCUT2D eigenvalue weighted by molar-refractivity contribution is 0.598. The van der Waals surface area contributed by atoms with E-state index in [1.54, 1.807) is 18.3 Å². The predicted molar refractivity (Wildman–Crippen MR) is 86.7 cm³/mol. The maximum atomic E-state index is 11.2. The minimum atomic E-state index is -3.62. The third-order valence-corrected chi connectivity index (χ3v) is 4.37. The fourth-order valence-electron chi connectivity index (χ4n) is 1.90. The Morgan fingerprint density at radius 2 is 1.95 bits per heavy atom. The van der Waals surface area contributed by atoms with Gasteiger partial charge in [-0.1, -0.05) is 12.1 Å². The number of nitrogens with one attached hydrogen (secondary N) is 1. The fraction of sp³-hybridized carbons (Fsp3) is 0.214. The first-order chi connectivity index (χ1) is 9.86. The number of aromatic nitrogens is 1. The summed E-state index contributed by atoms with van der Waals surface area (Å²) in [5.74, 6) is 0.847. The summed E-state index contributed by atoms with van der Waals surface area (Å²) in [6.07, 6.45) is 2.51. The molecule has 3 N–H and O–H groups in total. The summed E-state index contributed by atoms with van der Waals surface area (Å²) in [6.45, 7) is 2.70. The van der Waals surface area contributed by atoms with Gasteiger partial charge in [0.2, 0.25) is 10.0 Å². The Balaban J connectivity index is 1.94. The number of anilines is 1. The molecule has 112 valence electrons. The van der Waals surface area contributed by atoms with E-state index in [-0.39, 0.29) is 4.90 Å². The lowest BCUT2D eigenvalue weighted by Gasteiger charge is -2.09. The van der Waals surface area contributed by atoms with E-state index < -0.39 is 10.0 Å². The molecule has 0 unspecified atom stereocenters. The van der Waals surface area contributed by atoms with Gasteiger partial charge >= 0.3 is 0 Å². The van der Waals surface area contributed by atoms with Crippen LogP contribution in [0.25, 0.3) is 0 Å². The van der Waals surface area contributed by atoms with Crippen molar-refractivity contribution in [2.24, 2.45) is 5.14 Å². The molecule has 0 amide bonds. The molecule has 0 aliphatic heterocycles. The van der Waals surface area contributed by atoms with E-state index in [0.29, 0.717) is 6.54 Å². The summed E-state index contributed by atoms with van der Waals surface area (Å²) in [5.41, 5.74) is 2.10. The average Bonchev–Trinajstić information content (AvgIpc) is 2.41. The molecule has 0 atom stereocenters. The number of hydrogen-bond acceptors (Lipinski definition) is 4. The maximum absolute atomic E-state index is 11.2. The standard InChI is InChI=1S/C14H16BrN3O2S/c1-10-8-12(15)9-18-14(10)17-7-6-11-2-4-13(5-3-11)21(16,19)20/h2-5,8-9H,6-7H2,1H3,(H,17,18)(H2,16,19,20). The van der Waals surface area contributed by atoms with Crippen LogP contribution in [0.1, 0.15) is 11.1 Å². The lowest BCUT2D eigenvalue weighted by atomic mass is 10.1. The molecule has 0 saturated carbocycles. The van der Waals surface area contributed by atoms with Gasteiger partial charge in [0, 0.05) is 17.2 Å². The molecule has 2 aromatic rings. The number of pyridine rings is 1. The smallest absolute Gasteiger partial charge is 0.238 e. The minimum Gasteiger partial charge on any atom is -0.370 e. The molecule has 0 aliphatic rings. The number of primary sulfonamides is 1. The van der Waals surface area contributed by atoms with E-state index in [1.165, 1.54) is 12.1 Å².